The molecule has 0 aromatic heterocycles. The molecule has 25 heavy (non-hydrogen) atoms. The zero-order valence-electron chi connectivity index (χ0n) is 14.8. The lowest BCUT2D eigenvalue weighted by atomic mass is 9.90. The number of hydrogen-bond acceptors (Lipinski definition) is 1. The number of nitrogens with two attached hydrogens (primary N) is 1. The molecule has 2 N–H and O–H groups in total. The molecule has 0 aliphatic heterocycles. The normalized spacial score (nSPS) is 11.5. The topological polar surface area (TPSA) is 26.0 Å². The van der Waals surface area contributed by atoms with Gasteiger partial charge in [0.05, 0.1) is 0 Å². The predicted octanol–water partition coefficient (Wildman–Crippen LogP) is 6.67. The quantitative estimate of drug-likeness (QED) is 0.397. The molecular formula is C24H25N. The second-order valence-corrected chi connectivity index (χ2v) is 6.32. The Morgan fingerprint density at radius 1 is 0.800 bits per heavy atom. The van der Waals surface area contributed by atoms with E-state index >= 15 is 0 Å². The Morgan fingerprint density at radius 2 is 1.44 bits per heavy atom. The number of anilines is 1. The van der Waals surface area contributed by atoms with Crippen LogP contribution >= 0.6 is 0 Å². The summed E-state index contributed by atoms with van der Waals surface area (Å²) in [6.45, 7) is 2.24. The molecule has 0 saturated heterocycles. The van der Waals surface area contributed by atoms with Crippen molar-refractivity contribution in [3.05, 3.63) is 90.0 Å². The number of rotatable bonds is 6. The minimum atomic E-state index is 0.824. The van der Waals surface area contributed by atoms with Crippen LogP contribution < -0.4 is 5.73 Å². The van der Waals surface area contributed by atoms with Gasteiger partial charge in [-0.25, -0.2) is 0 Å². The van der Waals surface area contributed by atoms with Crippen LogP contribution in [0.15, 0.2) is 78.9 Å². The second-order valence-electron chi connectivity index (χ2n) is 6.32. The van der Waals surface area contributed by atoms with Crippen molar-refractivity contribution in [3.8, 4) is 11.1 Å². The summed E-state index contributed by atoms with van der Waals surface area (Å²) in [7, 11) is 0. The number of nitrogen functional groups attached to an aromatic ring is 1. The predicted molar refractivity (Wildman–Crippen MR) is 110 cm³/mol. The molecule has 3 rings (SSSR count). The van der Waals surface area contributed by atoms with Gasteiger partial charge in [0.1, 0.15) is 0 Å². The summed E-state index contributed by atoms with van der Waals surface area (Å²) < 4.78 is 0. The summed E-state index contributed by atoms with van der Waals surface area (Å²) in [5.41, 5.74) is 13.3. The number of allylic oxidation sites excluding steroid dienone is 1. The van der Waals surface area contributed by atoms with Crippen molar-refractivity contribution < 1.29 is 0 Å². The van der Waals surface area contributed by atoms with Crippen molar-refractivity contribution in [2.45, 2.75) is 26.2 Å². The molecule has 3 aromatic rings. The summed E-state index contributed by atoms with van der Waals surface area (Å²) in [6, 6.07) is 27.3. The standard InChI is InChI=1S/C24H25N/c1-2-3-13-20(18-19-11-5-4-6-12-19)21-14-7-8-15-22(21)23-16-9-10-17-24(23)25/h4-12,14-18H,2-3,13,25H2,1H3/b20-18+. The molecule has 0 fully saturated rings. The monoisotopic (exact) mass is 327 g/mol. The minimum absolute atomic E-state index is 0.824. The first-order valence-electron chi connectivity index (χ1n) is 8.99. The van der Waals surface area contributed by atoms with Gasteiger partial charge in [-0.3, -0.25) is 0 Å². The van der Waals surface area contributed by atoms with Gasteiger partial charge in [0.15, 0.2) is 0 Å². The highest BCUT2D eigenvalue weighted by molar-refractivity contribution is 5.91. The number of hydrogen-bond donors (Lipinski definition) is 1. The molecule has 0 radical (unpaired) electrons. The van der Waals surface area contributed by atoms with E-state index in [9.17, 15) is 0 Å². The van der Waals surface area contributed by atoms with Crippen LogP contribution in [-0.2, 0) is 0 Å². The molecule has 0 unspecified atom stereocenters. The lowest BCUT2D eigenvalue weighted by molar-refractivity contribution is 0.826. The minimum Gasteiger partial charge on any atom is -0.398 e. The first-order chi connectivity index (χ1) is 12.3. The van der Waals surface area contributed by atoms with Gasteiger partial charge >= 0.3 is 0 Å². The molecule has 126 valence electrons. The van der Waals surface area contributed by atoms with Crippen LogP contribution in [0.4, 0.5) is 5.69 Å². The molecule has 3 aromatic carbocycles. The van der Waals surface area contributed by atoms with E-state index in [-0.39, 0.29) is 0 Å². The van der Waals surface area contributed by atoms with Crippen molar-refractivity contribution in [2.24, 2.45) is 0 Å². The Morgan fingerprint density at radius 3 is 2.16 bits per heavy atom. The van der Waals surface area contributed by atoms with Gasteiger partial charge in [-0.05, 0) is 41.2 Å². The van der Waals surface area contributed by atoms with E-state index in [0.29, 0.717) is 0 Å². The van der Waals surface area contributed by atoms with E-state index < -0.39 is 0 Å². The van der Waals surface area contributed by atoms with Gasteiger partial charge in [-0.2, -0.15) is 0 Å². The number of unbranched alkanes of at least 4 members (excludes halogenated alkanes) is 1. The Bertz CT molecular complexity index is 847. The third-order valence-electron chi connectivity index (χ3n) is 4.46. The molecule has 0 bridgehead atoms. The zero-order valence-corrected chi connectivity index (χ0v) is 14.8. The van der Waals surface area contributed by atoms with Crippen molar-refractivity contribution in [1.82, 2.24) is 0 Å². The maximum atomic E-state index is 6.25. The fraction of sp³-hybridized carbons (Fsp3) is 0.167. The Labute approximate surface area is 150 Å². The summed E-state index contributed by atoms with van der Waals surface area (Å²) >= 11 is 0. The summed E-state index contributed by atoms with van der Waals surface area (Å²) in [4.78, 5) is 0. The van der Waals surface area contributed by atoms with Crippen LogP contribution in [-0.4, -0.2) is 0 Å². The first-order valence-corrected chi connectivity index (χ1v) is 8.99. The first kappa shape index (κ1) is 17.0. The van der Waals surface area contributed by atoms with Gasteiger partial charge in [0.25, 0.3) is 0 Å². The third kappa shape index (κ3) is 4.19. The van der Waals surface area contributed by atoms with Crippen molar-refractivity contribution in [3.63, 3.8) is 0 Å². The SMILES string of the molecule is CCCC/C(=C\c1ccccc1)c1ccccc1-c1ccccc1N. The van der Waals surface area contributed by atoms with Crippen LogP contribution in [0.2, 0.25) is 0 Å². The third-order valence-corrected chi connectivity index (χ3v) is 4.46. The molecule has 0 atom stereocenters. The molecule has 1 heteroatoms. The van der Waals surface area contributed by atoms with Crippen LogP contribution in [0.1, 0.15) is 37.3 Å². The second kappa shape index (κ2) is 8.34. The fourth-order valence-electron chi connectivity index (χ4n) is 3.14. The van der Waals surface area contributed by atoms with Gasteiger partial charge in [-0.1, -0.05) is 92.2 Å². The fourth-order valence-corrected chi connectivity index (χ4v) is 3.14. The van der Waals surface area contributed by atoms with Crippen LogP contribution in [0.25, 0.3) is 22.8 Å². The van der Waals surface area contributed by atoms with Gasteiger partial charge in [0, 0.05) is 11.3 Å². The van der Waals surface area contributed by atoms with Gasteiger partial charge in [0.2, 0.25) is 0 Å². The van der Waals surface area contributed by atoms with Crippen LogP contribution in [0.5, 0.6) is 0 Å². The van der Waals surface area contributed by atoms with E-state index in [1.165, 1.54) is 35.1 Å². The van der Waals surface area contributed by atoms with E-state index in [4.69, 9.17) is 5.73 Å². The highest BCUT2D eigenvalue weighted by Crippen LogP contribution is 2.35. The molecule has 0 saturated carbocycles. The maximum absolute atomic E-state index is 6.25. The van der Waals surface area contributed by atoms with Crippen molar-refractivity contribution in [1.29, 1.82) is 0 Å². The largest absolute Gasteiger partial charge is 0.398 e. The molecule has 0 aliphatic carbocycles. The summed E-state index contributed by atoms with van der Waals surface area (Å²) in [5, 5.41) is 0. The van der Waals surface area contributed by atoms with Crippen molar-refractivity contribution in [2.75, 3.05) is 5.73 Å². The molecule has 0 amide bonds. The van der Waals surface area contributed by atoms with E-state index in [0.717, 1.165) is 17.7 Å². The number of para-hydroxylation sites is 1. The van der Waals surface area contributed by atoms with E-state index in [2.05, 4.69) is 79.7 Å². The van der Waals surface area contributed by atoms with Gasteiger partial charge in [-0.15, -0.1) is 0 Å². The average Bonchev–Trinajstić information content (AvgIpc) is 2.66. The Balaban J connectivity index is 2.11. The van der Waals surface area contributed by atoms with E-state index in [1.807, 2.05) is 12.1 Å². The molecule has 0 heterocycles. The Hall–Kier alpha value is -2.80. The lowest BCUT2D eigenvalue weighted by Gasteiger charge is -2.15. The Kier molecular flexibility index (Phi) is 5.69. The summed E-state index contributed by atoms with van der Waals surface area (Å²) in [5.74, 6) is 0. The molecular weight excluding hydrogens is 302 g/mol. The highest BCUT2D eigenvalue weighted by atomic mass is 14.6. The molecule has 1 nitrogen and oxygen atoms in total. The number of benzene rings is 3. The average molecular weight is 327 g/mol. The molecule has 0 aliphatic rings. The molecule has 0 spiro atoms. The van der Waals surface area contributed by atoms with Crippen molar-refractivity contribution >= 4 is 17.3 Å². The summed E-state index contributed by atoms with van der Waals surface area (Å²) in [6.07, 6.45) is 5.74. The van der Waals surface area contributed by atoms with Gasteiger partial charge < -0.3 is 5.73 Å². The van der Waals surface area contributed by atoms with Crippen LogP contribution in [0.3, 0.4) is 0 Å². The zero-order chi connectivity index (χ0) is 17.5. The van der Waals surface area contributed by atoms with Crippen LogP contribution in [0, 0.1) is 0 Å². The maximum Gasteiger partial charge on any atom is 0.0393 e. The lowest BCUT2D eigenvalue weighted by Crippen LogP contribution is -1.94. The smallest absolute Gasteiger partial charge is 0.0393 e. The van der Waals surface area contributed by atoms with E-state index in [1.54, 1.807) is 0 Å². The highest BCUT2D eigenvalue weighted by Gasteiger charge is 2.11.